The molecule has 0 saturated carbocycles. The first-order valence-corrected chi connectivity index (χ1v) is 5.77. The summed E-state index contributed by atoms with van der Waals surface area (Å²) in [6.45, 7) is 0.406. The van der Waals surface area contributed by atoms with E-state index in [9.17, 15) is 0 Å². The average Bonchev–Trinajstić information content (AvgIpc) is 2.44. The van der Waals surface area contributed by atoms with Gasteiger partial charge in [-0.3, -0.25) is 0 Å². The maximum Gasteiger partial charge on any atom is 0.127 e. The highest BCUT2D eigenvalue weighted by Crippen LogP contribution is 2.27. The van der Waals surface area contributed by atoms with Crippen molar-refractivity contribution in [3.63, 3.8) is 0 Å². The van der Waals surface area contributed by atoms with Crippen LogP contribution in [-0.4, -0.2) is 19.2 Å². The largest absolute Gasteiger partial charge is 0.496 e. The normalized spacial score (nSPS) is 10.0. The molecule has 0 saturated heterocycles. The van der Waals surface area contributed by atoms with Crippen LogP contribution in [0.2, 0.25) is 0 Å². The quantitative estimate of drug-likeness (QED) is 0.893. The zero-order valence-corrected chi connectivity index (χ0v) is 10.9. The lowest BCUT2D eigenvalue weighted by Crippen LogP contribution is -1.98. The molecule has 0 aliphatic heterocycles. The zero-order valence-electron chi connectivity index (χ0n) is 10.9. The van der Waals surface area contributed by atoms with Crippen molar-refractivity contribution >= 4 is 5.82 Å². The van der Waals surface area contributed by atoms with Gasteiger partial charge in [0.2, 0.25) is 0 Å². The second-order valence-corrected chi connectivity index (χ2v) is 3.93. The third-order valence-electron chi connectivity index (χ3n) is 2.58. The first kappa shape index (κ1) is 13.0. The van der Waals surface area contributed by atoms with Gasteiger partial charge in [0, 0.05) is 24.4 Å². The molecule has 100 valence electrons. The molecule has 2 N–H and O–H groups in total. The molecule has 5 nitrogen and oxygen atoms in total. The fourth-order valence-electron chi connectivity index (χ4n) is 1.62. The Morgan fingerprint density at radius 3 is 2.21 bits per heavy atom. The van der Waals surface area contributed by atoms with Gasteiger partial charge in [0.1, 0.15) is 29.7 Å². The Hall–Kier alpha value is -2.43. The number of ether oxygens (including phenoxy) is 3. The molecular formula is C14H16N2O3. The van der Waals surface area contributed by atoms with Crippen LogP contribution < -0.4 is 19.9 Å². The van der Waals surface area contributed by atoms with Gasteiger partial charge in [0.15, 0.2) is 0 Å². The second-order valence-electron chi connectivity index (χ2n) is 3.93. The zero-order chi connectivity index (χ0) is 13.7. The minimum atomic E-state index is 0.406. The van der Waals surface area contributed by atoms with E-state index in [-0.39, 0.29) is 0 Å². The monoisotopic (exact) mass is 260 g/mol. The number of nitrogens with two attached hydrogens (primary N) is 1. The summed E-state index contributed by atoms with van der Waals surface area (Å²) in [4.78, 5) is 3.93. The van der Waals surface area contributed by atoms with Gasteiger partial charge < -0.3 is 19.9 Å². The van der Waals surface area contributed by atoms with Gasteiger partial charge in [0.05, 0.1) is 14.2 Å². The number of hydrogen-bond acceptors (Lipinski definition) is 5. The highest BCUT2D eigenvalue weighted by atomic mass is 16.5. The smallest absolute Gasteiger partial charge is 0.127 e. The van der Waals surface area contributed by atoms with E-state index in [1.807, 2.05) is 6.07 Å². The predicted octanol–water partition coefficient (Wildman–Crippen LogP) is 2.26. The van der Waals surface area contributed by atoms with Crippen molar-refractivity contribution in [3.05, 3.63) is 42.1 Å². The molecule has 0 aliphatic rings. The van der Waals surface area contributed by atoms with Crippen molar-refractivity contribution in [2.24, 2.45) is 0 Å². The molecule has 0 radical (unpaired) electrons. The Morgan fingerprint density at radius 2 is 1.63 bits per heavy atom. The Bertz CT molecular complexity index is 536. The van der Waals surface area contributed by atoms with Crippen LogP contribution in [0.25, 0.3) is 0 Å². The molecule has 0 bridgehead atoms. The maximum absolute atomic E-state index is 5.69. The molecular weight excluding hydrogens is 244 g/mol. The molecule has 1 heterocycles. The van der Waals surface area contributed by atoms with Gasteiger partial charge in [-0.1, -0.05) is 0 Å². The summed E-state index contributed by atoms with van der Waals surface area (Å²) in [7, 11) is 3.20. The summed E-state index contributed by atoms with van der Waals surface area (Å²) >= 11 is 0. The summed E-state index contributed by atoms with van der Waals surface area (Å²) < 4.78 is 16.0. The van der Waals surface area contributed by atoms with Crippen LogP contribution in [0.1, 0.15) is 5.56 Å². The van der Waals surface area contributed by atoms with E-state index in [0.29, 0.717) is 29.7 Å². The maximum atomic E-state index is 5.69. The lowest BCUT2D eigenvalue weighted by atomic mass is 10.2. The number of anilines is 1. The van der Waals surface area contributed by atoms with E-state index in [4.69, 9.17) is 19.9 Å². The minimum absolute atomic E-state index is 0.406. The van der Waals surface area contributed by atoms with Crippen LogP contribution in [0.3, 0.4) is 0 Å². The molecule has 0 spiro atoms. The molecule has 2 rings (SSSR count). The standard InChI is InChI=1S/C14H16N2O3/c1-17-11-6-12(18-2)8-13(7-11)19-9-10-3-4-16-14(15)5-10/h3-8H,9H2,1-2H3,(H2,15,16). The number of methoxy groups -OCH3 is 2. The molecule has 5 heteroatoms. The van der Waals surface area contributed by atoms with Crippen molar-refractivity contribution in [1.29, 1.82) is 0 Å². The van der Waals surface area contributed by atoms with Crippen molar-refractivity contribution in [1.82, 2.24) is 4.98 Å². The van der Waals surface area contributed by atoms with E-state index >= 15 is 0 Å². The van der Waals surface area contributed by atoms with Crippen molar-refractivity contribution in [2.75, 3.05) is 20.0 Å². The van der Waals surface area contributed by atoms with Crippen molar-refractivity contribution < 1.29 is 14.2 Å². The van der Waals surface area contributed by atoms with E-state index in [1.54, 1.807) is 44.7 Å². The topological polar surface area (TPSA) is 66.6 Å². The number of rotatable bonds is 5. The molecule has 1 aromatic heterocycles. The van der Waals surface area contributed by atoms with Gasteiger partial charge in [-0.2, -0.15) is 0 Å². The van der Waals surface area contributed by atoms with Gasteiger partial charge in [-0.05, 0) is 17.7 Å². The SMILES string of the molecule is COc1cc(OC)cc(OCc2ccnc(N)c2)c1. The molecule has 0 aliphatic carbocycles. The van der Waals surface area contributed by atoms with E-state index < -0.39 is 0 Å². The van der Waals surface area contributed by atoms with Gasteiger partial charge in [0.25, 0.3) is 0 Å². The number of hydrogen-bond donors (Lipinski definition) is 1. The van der Waals surface area contributed by atoms with E-state index in [2.05, 4.69) is 4.98 Å². The predicted molar refractivity (Wildman–Crippen MR) is 72.5 cm³/mol. The molecule has 19 heavy (non-hydrogen) atoms. The number of benzene rings is 1. The van der Waals surface area contributed by atoms with Gasteiger partial charge >= 0.3 is 0 Å². The summed E-state index contributed by atoms with van der Waals surface area (Å²) in [5, 5.41) is 0. The van der Waals surface area contributed by atoms with Crippen molar-refractivity contribution in [2.45, 2.75) is 6.61 Å². The van der Waals surface area contributed by atoms with Crippen LogP contribution in [0.15, 0.2) is 36.5 Å². The molecule has 1 aromatic carbocycles. The number of nitrogens with zero attached hydrogens (tertiary/aromatic N) is 1. The van der Waals surface area contributed by atoms with Crippen LogP contribution in [0, 0.1) is 0 Å². The van der Waals surface area contributed by atoms with Crippen molar-refractivity contribution in [3.8, 4) is 17.2 Å². The Balaban J connectivity index is 2.10. The summed E-state index contributed by atoms with van der Waals surface area (Å²) in [6, 6.07) is 9.02. The fourth-order valence-corrected chi connectivity index (χ4v) is 1.62. The Kier molecular flexibility index (Phi) is 4.07. The van der Waals surface area contributed by atoms with Crippen LogP contribution in [-0.2, 0) is 6.61 Å². The molecule has 0 amide bonds. The first-order valence-electron chi connectivity index (χ1n) is 5.77. The van der Waals surface area contributed by atoms with E-state index in [0.717, 1.165) is 5.56 Å². The third-order valence-corrected chi connectivity index (χ3v) is 2.58. The lowest BCUT2D eigenvalue weighted by Gasteiger charge is -2.10. The average molecular weight is 260 g/mol. The summed E-state index contributed by atoms with van der Waals surface area (Å²) in [5.41, 5.74) is 6.57. The van der Waals surface area contributed by atoms with Gasteiger partial charge in [-0.15, -0.1) is 0 Å². The lowest BCUT2D eigenvalue weighted by molar-refractivity contribution is 0.300. The minimum Gasteiger partial charge on any atom is -0.496 e. The third kappa shape index (κ3) is 3.51. The molecule has 0 fully saturated rings. The second kappa shape index (κ2) is 5.95. The highest BCUT2D eigenvalue weighted by molar-refractivity contribution is 5.42. The van der Waals surface area contributed by atoms with Crippen LogP contribution in [0.4, 0.5) is 5.82 Å². The Morgan fingerprint density at radius 1 is 1.00 bits per heavy atom. The number of nitrogen functional groups attached to an aromatic ring is 1. The van der Waals surface area contributed by atoms with Gasteiger partial charge in [-0.25, -0.2) is 4.98 Å². The molecule has 0 unspecified atom stereocenters. The van der Waals surface area contributed by atoms with Crippen LogP contribution in [0.5, 0.6) is 17.2 Å². The van der Waals surface area contributed by atoms with Crippen LogP contribution >= 0.6 is 0 Å². The highest BCUT2D eigenvalue weighted by Gasteiger charge is 2.03. The first-order chi connectivity index (χ1) is 9.21. The fraction of sp³-hybridized carbons (Fsp3) is 0.214. The molecule has 2 aromatic rings. The summed E-state index contributed by atoms with van der Waals surface area (Å²) in [5.74, 6) is 2.52. The Labute approximate surface area is 111 Å². The number of aromatic nitrogens is 1. The number of pyridine rings is 1. The molecule has 0 atom stereocenters. The summed E-state index contributed by atoms with van der Waals surface area (Å²) in [6.07, 6.45) is 1.65. The van der Waals surface area contributed by atoms with E-state index in [1.165, 1.54) is 0 Å².